The topological polar surface area (TPSA) is 126 Å². The van der Waals surface area contributed by atoms with E-state index in [9.17, 15) is 19.4 Å². The highest BCUT2D eigenvalue weighted by Crippen LogP contribution is 2.37. The van der Waals surface area contributed by atoms with Crippen molar-refractivity contribution in [3.8, 4) is 5.75 Å². The van der Waals surface area contributed by atoms with Gasteiger partial charge in [-0.25, -0.2) is 0 Å². The molecule has 10 nitrogen and oxygen atoms in total. The van der Waals surface area contributed by atoms with Gasteiger partial charge < -0.3 is 19.8 Å². The molecule has 1 saturated carbocycles. The van der Waals surface area contributed by atoms with Crippen LogP contribution in [0.15, 0.2) is 28.5 Å². The van der Waals surface area contributed by atoms with Crippen molar-refractivity contribution >= 4 is 18.9 Å². The van der Waals surface area contributed by atoms with Gasteiger partial charge in [0.1, 0.15) is 18.8 Å². The average Bonchev–Trinajstić information content (AvgIpc) is 3.67. The number of rotatable bonds is 10. The Morgan fingerprint density at radius 1 is 1.17 bits per heavy atom. The molecule has 188 valence electrons. The van der Waals surface area contributed by atoms with Crippen LogP contribution in [0.25, 0.3) is 0 Å². The zero-order valence-electron chi connectivity index (χ0n) is 20.4. The number of hydrogen-bond acceptors (Lipinski definition) is 7. The van der Waals surface area contributed by atoms with Gasteiger partial charge in [-0.3, -0.25) is 9.59 Å². The lowest BCUT2D eigenvalue weighted by Gasteiger charge is -2.29. The molecule has 0 aromatic heterocycles. The standard InChI is InChI=1S/C24H34BN5O5/c1-2-26-11-12-30(13-14-30)19-7-3-5-17(9-10-19)15-22(31)27-21-16-18-6-4-8-20(24(32)28-33)23(18)35-25(21)29-34/h4,6,8,17,19,21,26H,2-3,5,7,9-16H2,1H3/p+1/t17?,19?,21-/m0/s1. The average molecular weight is 484 g/mol. The van der Waals surface area contributed by atoms with Crippen LogP contribution in [0.2, 0.25) is 0 Å². The van der Waals surface area contributed by atoms with E-state index in [0.717, 1.165) is 38.8 Å². The molecule has 1 saturated heterocycles. The third kappa shape index (κ3) is 5.95. The van der Waals surface area contributed by atoms with Crippen LogP contribution in [0.1, 0.15) is 61.4 Å². The van der Waals surface area contributed by atoms with Gasteiger partial charge in [0.2, 0.25) is 5.91 Å². The van der Waals surface area contributed by atoms with Crippen molar-refractivity contribution < 1.29 is 18.7 Å². The summed E-state index contributed by atoms with van der Waals surface area (Å²) in [5, 5.41) is 11.9. The zero-order valence-corrected chi connectivity index (χ0v) is 20.4. The predicted octanol–water partition coefficient (Wildman–Crippen LogP) is 2.59. The summed E-state index contributed by atoms with van der Waals surface area (Å²) < 4.78 is 6.87. The molecule has 3 atom stereocenters. The first-order chi connectivity index (χ1) is 17.0. The minimum absolute atomic E-state index is 0.00116. The van der Waals surface area contributed by atoms with Gasteiger partial charge in [-0.15, -0.1) is 4.91 Å². The first kappa shape index (κ1) is 25.4. The molecule has 2 N–H and O–H groups in total. The van der Waals surface area contributed by atoms with Crippen LogP contribution in [0.4, 0.5) is 0 Å². The van der Waals surface area contributed by atoms with Gasteiger partial charge in [-0.1, -0.05) is 24.1 Å². The van der Waals surface area contributed by atoms with Crippen LogP contribution in [-0.2, 0) is 11.2 Å². The van der Waals surface area contributed by atoms with Crippen LogP contribution in [0.3, 0.4) is 0 Å². The Hall–Kier alpha value is -2.66. The number of para-hydroxylation sites is 1. The summed E-state index contributed by atoms with van der Waals surface area (Å²) in [6.45, 7) is 7.97. The number of hydrogen-bond donors (Lipinski definition) is 2. The molecule has 2 heterocycles. The summed E-state index contributed by atoms with van der Waals surface area (Å²) in [5.74, 6) is -1.23. The van der Waals surface area contributed by atoms with Gasteiger partial charge >= 0.3 is 13.0 Å². The molecule has 0 bridgehead atoms. The summed E-state index contributed by atoms with van der Waals surface area (Å²) in [5.41, 5.74) is 0.633. The van der Waals surface area contributed by atoms with Crippen LogP contribution < -0.4 is 15.3 Å². The molecule has 2 amide bonds. The van der Waals surface area contributed by atoms with Gasteiger partial charge in [0.25, 0.3) is 0 Å². The fraction of sp³-hybridized carbons (Fsp3) is 0.667. The number of benzene rings is 1. The highest BCUT2D eigenvalue weighted by molar-refractivity contribution is 6.53. The second-order valence-electron chi connectivity index (χ2n) is 10.2. The number of fused-ring (bicyclic) bond motifs is 1. The molecule has 3 aliphatic rings. The summed E-state index contributed by atoms with van der Waals surface area (Å²) in [4.78, 5) is 46.9. The van der Waals surface area contributed by atoms with E-state index in [2.05, 4.69) is 27.8 Å². The molecule has 1 aromatic carbocycles. The maximum Gasteiger partial charge on any atom is 0.570 e. The van der Waals surface area contributed by atoms with E-state index >= 15 is 0 Å². The summed E-state index contributed by atoms with van der Waals surface area (Å²) >= 11 is 0. The Balaban J connectivity index is 1.32. The lowest BCUT2D eigenvalue weighted by Crippen LogP contribution is -2.52. The Morgan fingerprint density at radius 2 is 2.00 bits per heavy atom. The number of nitroso groups, excluding NO2 is 2. The second-order valence-corrected chi connectivity index (χ2v) is 10.2. The quantitative estimate of drug-likeness (QED) is 0.131. The van der Waals surface area contributed by atoms with Gasteiger partial charge in [0, 0.05) is 18.1 Å². The molecule has 4 rings (SSSR count). The molecule has 11 heteroatoms. The highest BCUT2D eigenvalue weighted by Gasteiger charge is 2.48. The first-order valence-electron chi connectivity index (χ1n) is 12.8. The van der Waals surface area contributed by atoms with E-state index in [4.69, 9.17) is 4.65 Å². The lowest BCUT2D eigenvalue weighted by atomic mass is 9.68. The Morgan fingerprint density at radius 3 is 2.71 bits per heavy atom. The normalized spacial score (nSPS) is 24.9. The van der Waals surface area contributed by atoms with E-state index in [1.165, 1.54) is 36.6 Å². The number of likely N-dealkylation sites (N-methyl/N-ethyl adjacent to an activating group) is 1. The number of carbonyl (C=O) groups excluding carboxylic acids is 2. The monoisotopic (exact) mass is 484 g/mol. The lowest BCUT2D eigenvalue weighted by molar-refractivity contribution is -0.827. The molecular weight excluding hydrogens is 449 g/mol. The van der Waals surface area contributed by atoms with Gasteiger partial charge in [-0.05, 0) is 62.6 Å². The SMILES string of the molecule is CCNCC[N+]1(C2CCCC(CC(=O)N[C@H]3Cc4cccc(C(=O)N=O)c4OB3N=O)CC2)CC1. The van der Waals surface area contributed by atoms with Crippen LogP contribution in [-0.4, -0.2) is 68.1 Å². The van der Waals surface area contributed by atoms with Crippen LogP contribution in [0.5, 0.6) is 5.75 Å². The Kier molecular flexibility index (Phi) is 8.28. The van der Waals surface area contributed by atoms with Gasteiger partial charge in [-0.2, -0.15) is 4.91 Å². The van der Waals surface area contributed by atoms with Gasteiger partial charge in [0.05, 0.1) is 24.1 Å². The molecule has 0 radical (unpaired) electrons. The molecule has 35 heavy (non-hydrogen) atoms. The van der Waals surface area contributed by atoms with Gasteiger partial charge in [0.15, 0.2) is 0 Å². The van der Waals surface area contributed by atoms with Crippen molar-refractivity contribution in [3.05, 3.63) is 39.1 Å². The van der Waals surface area contributed by atoms with Crippen molar-refractivity contribution in [1.29, 1.82) is 0 Å². The number of nitrogens with one attached hydrogen (secondary N) is 2. The number of quaternary nitrogens is 1. The van der Waals surface area contributed by atoms with E-state index in [1.807, 2.05) is 0 Å². The maximum atomic E-state index is 12.9. The molecule has 1 aliphatic carbocycles. The third-order valence-electron chi connectivity index (χ3n) is 7.97. The molecule has 2 fully saturated rings. The molecule has 2 aliphatic heterocycles. The van der Waals surface area contributed by atoms with Crippen LogP contribution in [0, 0.1) is 15.7 Å². The molecule has 1 aromatic rings. The summed E-state index contributed by atoms with van der Waals surface area (Å²) in [6, 6.07) is 5.49. The molecule has 0 spiro atoms. The number of nitrogens with zero attached hydrogens (tertiary/aromatic N) is 3. The van der Waals surface area contributed by atoms with Crippen molar-refractivity contribution in [2.45, 2.75) is 63.9 Å². The van der Waals surface area contributed by atoms with Crippen LogP contribution >= 0.6 is 0 Å². The molecular formula is C24H35BN5O5+. The number of amides is 2. The summed E-state index contributed by atoms with van der Waals surface area (Å²) in [7, 11) is -1.17. The maximum absolute atomic E-state index is 12.9. The van der Waals surface area contributed by atoms with E-state index in [1.54, 1.807) is 12.1 Å². The predicted molar refractivity (Wildman–Crippen MR) is 133 cm³/mol. The first-order valence-corrected chi connectivity index (χ1v) is 12.8. The smallest absolute Gasteiger partial charge is 0.536 e. The fourth-order valence-electron chi connectivity index (χ4n) is 5.88. The van der Waals surface area contributed by atoms with Crippen molar-refractivity contribution in [1.82, 2.24) is 10.6 Å². The Bertz CT molecular complexity index is 956. The minimum Gasteiger partial charge on any atom is -0.536 e. The fourth-order valence-corrected chi connectivity index (χ4v) is 5.88. The van der Waals surface area contributed by atoms with Crippen molar-refractivity contribution in [2.24, 2.45) is 16.2 Å². The van der Waals surface area contributed by atoms with Crippen molar-refractivity contribution in [3.63, 3.8) is 0 Å². The van der Waals surface area contributed by atoms with E-state index < -0.39 is 18.9 Å². The highest BCUT2D eigenvalue weighted by atomic mass is 16.5. The zero-order chi connectivity index (χ0) is 24.8. The van der Waals surface area contributed by atoms with Crippen molar-refractivity contribution in [2.75, 3.05) is 32.7 Å². The molecule has 2 unspecified atom stereocenters. The largest absolute Gasteiger partial charge is 0.570 e. The van der Waals surface area contributed by atoms with E-state index in [-0.39, 0.29) is 23.6 Å². The summed E-state index contributed by atoms with van der Waals surface area (Å²) in [6.07, 6.45) is 6.32. The second kappa shape index (κ2) is 11.4. The Labute approximate surface area is 206 Å². The number of carbonyl (C=O) groups is 2. The van der Waals surface area contributed by atoms with E-state index in [0.29, 0.717) is 23.9 Å². The minimum atomic E-state index is -1.17. The third-order valence-corrected chi connectivity index (χ3v) is 7.97.